The Bertz CT molecular complexity index is 740. The number of rotatable bonds is 6. The monoisotopic (exact) mass is 377 g/mol. The molecule has 0 spiro atoms. The van der Waals surface area contributed by atoms with Gasteiger partial charge in [-0.15, -0.1) is 0 Å². The molecule has 0 bridgehead atoms. The van der Waals surface area contributed by atoms with Crippen molar-refractivity contribution in [3.8, 4) is 0 Å². The van der Waals surface area contributed by atoms with Crippen LogP contribution in [0, 0.1) is 6.92 Å². The van der Waals surface area contributed by atoms with E-state index in [9.17, 15) is 9.59 Å². The van der Waals surface area contributed by atoms with Crippen molar-refractivity contribution in [1.82, 2.24) is 16.2 Å². The van der Waals surface area contributed by atoms with Gasteiger partial charge in [0.2, 0.25) is 0 Å². The van der Waals surface area contributed by atoms with E-state index in [0.717, 1.165) is 5.76 Å². The van der Waals surface area contributed by atoms with E-state index in [4.69, 9.17) is 4.42 Å². The minimum atomic E-state index is -0.408. The fraction of sp³-hybridized carbons (Fsp3) is 0.125. The third-order valence-electron chi connectivity index (χ3n) is 2.92. The van der Waals surface area contributed by atoms with Gasteiger partial charge >= 0.3 is 0 Å². The molecule has 0 saturated carbocycles. The molecule has 2 aromatic rings. The van der Waals surface area contributed by atoms with Gasteiger partial charge in [-0.25, -0.2) is 0 Å². The Labute approximate surface area is 142 Å². The summed E-state index contributed by atoms with van der Waals surface area (Å²) in [5.41, 5.74) is 5.96. The first-order chi connectivity index (χ1) is 11.0. The molecule has 3 N–H and O–H groups in total. The van der Waals surface area contributed by atoms with Crippen LogP contribution in [0.2, 0.25) is 0 Å². The summed E-state index contributed by atoms with van der Waals surface area (Å²) in [5, 5.41) is 2.53. The normalized spacial score (nSPS) is 10.0. The molecule has 0 unspecified atom stereocenters. The van der Waals surface area contributed by atoms with Gasteiger partial charge in [0, 0.05) is 4.47 Å². The number of furan rings is 1. The number of hydrogen-bond acceptors (Lipinski definition) is 4. The molecule has 2 amide bonds. The Balaban J connectivity index is 1.78. The minimum Gasteiger partial charge on any atom is -0.460 e. The maximum absolute atomic E-state index is 12.0. The van der Waals surface area contributed by atoms with E-state index in [1.165, 1.54) is 0 Å². The van der Waals surface area contributed by atoms with Crippen molar-refractivity contribution in [3.63, 3.8) is 0 Å². The SMILES string of the molecule is C=C(NNC(=O)CNC(=O)c1ccccc1Br)c1ccc(C)o1. The highest BCUT2D eigenvalue weighted by molar-refractivity contribution is 9.10. The van der Waals surface area contributed by atoms with Crippen molar-refractivity contribution in [3.05, 3.63) is 64.5 Å². The molecule has 0 aliphatic heterocycles. The zero-order chi connectivity index (χ0) is 16.8. The number of carbonyl (C=O) groups excluding carboxylic acids is 2. The number of amides is 2. The molecule has 1 aromatic carbocycles. The molecular weight excluding hydrogens is 362 g/mol. The lowest BCUT2D eigenvalue weighted by atomic mass is 10.2. The Morgan fingerprint density at radius 2 is 1.91 bits per heavy atom. The third kappa shape index (κ3) is 4.72. The number of aryl methyl sites for hydroxylation is 1. The van der Waals surface area contributed by atoms with Gasteiger partial charge in [0.25, 0.3) is 11.8 Å². The summed E-state index contributed by atoms with van der Waals surface area (Å²) in [6.07, 6.45) is 0. The molecule has 6 nitrogen and oxygen atoms in total. The topological polar surface area (TPSA) is 83.4 Å². The van der Waals surface area contributed by atoms with Crippen molar-refractivity contribution < 1.29 is 14.0 Å². The predicted molar refractivity (Wildman–Crippen MR) is 90.2 cm³/mol. The van der Waals surface area contributed by atoms with Crippen molar-refractivity contribution in [2.45, 2.75) is 6.92 Å². The van der Waals surface area contributed by atoms with Crippen LogP contribution in [-0.2, 0) is 4.79 Å². The van der Waals surface area contributed by atoms with Gasteiger partial charge < -0.3 is 9.73 Å². The third-order valence-corrected chi connectivity index (χ3v) is 3.61. The Morgan fingerprint density at radius 1 is 1.17 bits per heavy atom. The first-order valence-corrected chi connectivity index (χ1v) is 7.60. The van der Waals surface area contributed by atoms with Crippen molar-refractivity contribution >= 4 is 33.4 Å². The van der Waals surface area contributed by atoms with Crippen LogP contribution in [0.15, 0.2) is 51.9 Å². The van der Waals surface area contributed by atoms with Crippen LogP contribution in [0.5, 0.6) is 0 Å². The summed E-state index contributed by atoms with van der Waals surface area (Å²) in [5.74, 6) is 0.526. The first kappa shape index (κ1) is 16.8. The quantitative estimate of drug-likeness (QED) is 0.674. The zero-order valence-electron chi connectivity index (χ0n) is 12.5. The van der Waals surface area contributed by atoms with Crippen molar-refractivity contribution in [1.29, 1.82) is 0 Å². The van der Waals surface area contributed by atoms with Crippen LogP contribution in [0.25, 0.3) is 5.70 Å². The molecule has 120 valence electrons. The molecule has 0 fully saturated rings. The number of benzene rings is 1. The van der Waals surface area contributed by atoms with Crippen molar-refractivity contribution in [2.75, 3.05) is 6.54 Å². The highest BCUT2D eigenvalue weighted by Gasteiger charge is 2.11. The van der Waals surface area contributed by atoms with Crippen LogP contribution in [0.4, 0.5) is 0 Å². The highest BCUT2D eigenvalue weighted by Crippen LogP contribution is 2.15. The average Bonchev–Trinajstić information content (AvgIpc) is 2.97. The van der Waals surface area contributed by atoms with E-state index in [-0.39, 0.29) is 12.5 Å². The van der Waals surface area contributed by atoms with E-state index in [2.05, 4.69) is 38.7 Å². The smallest absolute Gasteiger partial charge is 0.257 e. The summed E-state index contributed by atoms with van der Waals surface area (Å²) in [6, 6.07) is 10.5. The second-order valence-electron chi connectivity index (χ2n) is 4.72. The minimum absolute atomic E-state index is 0.169. The average molecular weight is 378 g/mol. The molecule has 0 aliphatic rings. The van der Waals surface area contributed by atoms with E-state index in [0.29, 0.717) is 21.5 Å². The number of hydrazine groups is 1. The summed E-state index contributed by atoms with van der Waals surface area (Å²) in [7, 11) is 0. The lowest BCUT2D eigenvalue weighted by Gasteiger charge is -2.10. The summed E-state index contributed by atoms with van der Waals surface area (Å²) < 4.78 is 6.02. The molecule has 0 radical (unpaired) electrons. The molecule has 2 rings (SSSR count). The second-order valence-corrected chi connectivity index (χ2v) is 5.58. The number of hydrogen-bond donors (Lipinski definition) is 3. The molecule has 0 aliphatic carbocycles. The highest BCUT2D eigenvalue weighted by atomic mass is 79.9. The number of halogens is 1. The first-order valence-electron chi connectivity index (χ1n) is 6.80. The van der Waals surface area contributed by atoms with E-state index in [1.54, 1.807) is 36.4 Å². The van der Waals surface area contributed by atoms with E-state index >= 15 is 0 Å². The molecular formula is C16H16BrN3O3. The lowest BCUT2D eigenvalue weighted by molar-refractivity contribution is -0.120. The Kier molecular flexibility index (Phi) is 5.59. The molecule has 1 aromatic heterocycles. The number of nitrogens with one attached hydrogen (secondary N) is 3. The number of carbonyl (C=O) groups is 2. The van der Waals surface area contributed by atoms with Gasteiger partial charge in [0.1, 0.15) is 5.76 Å². The van der Waals surface area contributed by atoms with Crippen molar-refractivity contribution in [2.24, 2.45) is 0 Å². The molecule has 0 atom stereocenters. The van der Waals surface area contributed by atoms with E-state index < -0.39 is 5.91 Å². The largest absolute Gasteiger partial charge is 0.460 e. The maximum atomic E-state index is 12.0. The van der Waals surface area contributed by atoms with Crippen LogP contribution in [0.3, 0.4) is 0 Å². The standard InChI is InChI=1S/C16H16BrN3O3/c1-10-7-8-14(23-10)11(2)19-20-15(21)9-18-16(22)12-5-3-4-6-13(12)17/h3-8,19H,2,9H2,1H3,(H,18,22)(H,20,21). The molecule has 7 heteroatoms. The molecule has 1 heterocycles. The van der Waals surface area contributed by atoms with Gasteiger partial charge in [-0.3, -0.25) is 20.4 Å². The maximum Gasteiger partial charge on any atom is 0.257 e. The molecule has 23 heavy (non-hydrogen) atoms. The summed E-state index contributed by atoms with van der Waals surface area (Å²) >= 11 is 3.29. The predicted octanol–water partition coefficient (Wildman–Crippen LogP) is 2.37. The van der Waals surface area contributed by atoms with Crippen LogP contribution < -0.4 is 16.2 Å². The van der Waals surface area contributed by atoms with E-state index in [1.807, 2.05) is 6.92 Å². The summed E-state index contributed by atoms with van der Waals surface area (Å²) in [4.78, 5) is 23.7. The van der Waals surface area contributed by atoms with Gasteiger partial charge in [-0.05, 0) is 47.1 Å². The van der Waals surface area contributed by atoms with Crippen LogP contribution in [-0.4, -0.2) is 18.4 Å². The lowest BCUT2D eigenvalue weighted by Crippen LogP contribution is -2.42. The fourth-order valence-electron chi connectivity index (χ4n) is 1.75. The van der Waals surface area contributed by atoms with Gasteiger partial charge in [-0.2, -0.15) is 0 Å². The second kappa shape index (κ2) is 7.64. The Hall–Kier alpha value is -2.54. The Morgan fingerprint density at radius 3 is 2.57 bits per heavy atom. The molecule has 0 saturated heterocycles. The van der Waals surface area contributed by atoms with Gasteiger partial charge in [0.05, 0.1) is 17.8 Å². The zero-order valence-corrected chi connectivity index (χ0v) is 14.1. The van der Waals surface area contributed by atoms with Crippen LogP contribution >= 0.6 is 15.9 Å². The fourth-order valence-corrected chi connectivity index (χ4v) is 2.21. The van der Waals surface area contributed by atoms with Crippen LogP contribution in [0.1, 0.15) is 21.9 Å². The van der Waals surface area contributed by atoms with Gasteiger partial charge in [-0.1, -0.05) is 18.7 Å². The van der Waals surface area contributed by atoms with Gasteiger partial charge in [0.15, 0.2) is 5.76 Å². The summed E-state index contributed by atoms with van der Waals surface area (Å²) in [6.45, 7) is 5.39.